The number of amides is 1. The number of halogens is 1. The molecule has 162 valence electrons. The third-order valence-electron chi connectivity index (χ3n) is 5.92. The van der Waals surface area contributed by atoms with Crippen LogP contribution in [0.1, 0.15) is 46.3 Å². The average Bonchev–Trinajstić information content (AvgIpc) is 3.40. The number of nitrogens with zero attached hydrogens (tertiary/aromatic N) is 6. The third kappa shape index (κ3) is 3.98. The summed E-state index contributed by atoms with van der Waals surface area (Å²) in [5.74, 6) is -0.00631. The molecule has 3 aromatic rings. The van der Waals surface area contributed by atoms with Crippen molar-refractivity contribution in [1.82, 2.24) is 22.4 Å². The van der Waals surface area contributed by atoms with Crippen LogP contribution in [0.15, 0.2) is 29.5 Å². The van der Waals surface area contributed by atoms with E-state index in [0.717, 1.165) is 37.2 Å². The molecule has 1 N–H and O–H groups in total. The second-order valence-corrected chi connectivity index (χ2v) is 10.6. The Labute approximate surface area is 201 Å². The van der Waals surface area contributed by atoms with Crippen LogP contribution in [0.25, 0.3) is 5.78 Å². The number of rotatable bonds is 5. The van der Waals surface area contributed by atoms with Gasteiger partial charge in [-0.25, -0.2) is 9.97 Å². The Kier molecular flexibility index (Phi) is 5.82. The van der Waals surface area contributed by atoms with Crippen LogP contribution in [0.3, 0.4) is 0 Å². The van der Waals surface area contributed by atoms with E-state index in [9.17, 15) is 9.18 Å². The number of fused-ring (bicyclic) bond motifs is 2. The van der Waals surface area contributed by atoms with Gasteiger partial charge in [0.2, 0.25) is 5.78 Å². The van der Waals surface area contributed by atoms with Gasteiger partial charge in [-0.2, -0.15) is 0 Å². The normalized spacial score (nSPS) is 15.4. The van der Waals surface area contributed by atoms with Crippen molar-refractivity contribution in [2.45, 2.75) is 39.2 Å². The largest absolute Gasteiger partial charge is 0.0435 e. The molecular formula is C22H23FN7OTl. The summed E-state index contributed by atoms with van der Waals surface area (Å²) in [6.07, 6.45) is 7.41. The van der Waals surface area contributed by atoms with Gasteiger partial charge in [0.1, 0.15) is 0 Å². The van der Waals surface area contributed by atoms with Crippen LogP contribution < -0.4 is 10.3 Å². The predicted octanol–water partition coefficient (Wildman–Crippen LogP) is 2.00. The Hall–Kier alpha value is -2.57. The average molecular weight is 625 g/mol. The van der Waals surface area contributed by atoms with Crippen LogP contribution in [0.5, 0.6) is 0 Å². The smallest absolute Gasteiger partial charge is 0.00961 e. The summed E-state index contributed by atoms with van der Waals surface area (Å²) in [4.78, 5) is 22.3. The van der Waals surface area contributed by atoms with Crippen molar-refractivity contribution in [3.63, 3.8) is 0 Å². The monoisotopic (exact) mass is 625 g/mol. The fourth-order valence-electron chi connectivity index (χ4n) is 4.22. The molecule has 1 aliphatic carbocycles. The minimum atomic E-state index is -0.345. The second-order valence-electron chi connectivity index (χ2n) is 8.06. The molecule has 0 radical (unpaired) electrons. The number of nitrogens with one attached hydrogen (secondary N) is 1. The molecule has 1 aliphatic heterocycles. The zero-order chi connectivity index (χ0) is 22.2. The fraction of sp³-hybridized carbons (Fsp3) is 0.364. The quantitative estimate of drug-likeness (QED) is 0.440. The molecule has 0 spiro atoms. The van der Waals surface area contributed by atoms with Gasteiger partial charge in [0.25, 0.3) is 0 Å². The first-order chi connectivity index (χ1) is 15.5. The minimum absolute atomic E-state index is 0.226. The Bertz CT molecular complexity index is 1220. The molecule has 0 saturated carbocycles. The van der Waals surface area contributed by atoms with Crippen molar-refractivity contribution in [1.29, 1.82) is 0 Å². The van der Waals surface area contributed by atoms with E-state index < -0.39 is 0 Å². The molecule has 1 amide bonds. The van der Waals surface area contributed by atoms with Crippen molar-refractivity contribution >= 4 is 49.8 Å². The van der Waals surface area contributed by atoms with Gasteiger partial charge in [0.05, 0.1) is 5.69 Å². The van der Waals surface area contributed by atoms with Crippen molar-refractivity contribution in [2.24, 2.45) is 5.10 Å². The first-order valence-corrected chi connectivity index (χ1v) is 12.8. The summed E-state index contributed by atoms with van der Waals surface area (Å²) in [5, 5.41) is 8.91. The zero-order valence-corrected chi connectivity index (χ0v) is 22.4. The third-order valence-corrected chi connectivity index (χ3v) is 7.44. The minimum Gasteiger partial charge on any atom is -0.0435 e. The molecule has 8 nitrogen and oxygen atoms in total. The van der Waals surface area contributed by atoms with Gasteiger partial charge >= 0.3 is 126 Å². The molecule has 0 bridgehead atoms. The number of hydrazone groups is 1. The molecule has 1 aromatic carbocycles. The summed E-state index contributed by atoms with van der Waals surface area (Å²) in [5.41, 5.74) is 4.63. The van der Waals surface area contributed by atoms with Gasteiger partial charge in [-0.1, -0.05) is 6.92 Å². The maximum absolute atomic E-state index is 14.7. The van der Waals surface area contributed by atoms with E-state index in [0.29, 0.717) is 61.8 Å². The Morgan fingerprint density at radius 1 is 1.25 bits per heavy atom. The van der Waals surface area contributed by atoms with E-state index in [1.54, 1.807) is 21.8 Å². The molecule has 5 rings (SSSR count). The summed E-state index contributed by atoms with van der Waals surface area (Å²) in [6, 6.07) is 5.01. The van der Waals surface area contributed by atoms with Crippen LogP contribution in [-0.2, 0) is 25.8 Å². The molecule has 2 aromatic heterocycles. The van der Waals surface area contributed by atoms with Crippen LogP contribution in [-0.4, -0.2) is 68.5 Å². The molecule has 2 aliphatic rings. The van der Waals surface area contributed by atoms with Gasteiger partial charge in [-0.3, -0.25) is 4.40 Å². The second kappa shape index (κ2) is 8.76. The number of imidazole rings is 1. The number of hydrogen-bond donors (Lipinski definition) is 1. The number of hydrogen-bond acceptors (Lipinski definition) is 6. The van der Waals surface area contributed by atoms with Crippen molar-refractivity contribution in [3.05, 3.63) is 58.4 Å². The van der Waals surface area contributed by atoms with Crippen LogP contribution in [0.2, 0.25) is 0 Å². The number of aryl methyl sites for hydroxylation is 3. The molecule has 3 heterocycles. The van der Waals surface area contributed by atoms with Crippen LogP contribution in [0.4, 0.5) is 10.1 Å². The maximum atomic E-state index is 14.7. The van der Waals surface area contributed by atoms with E-state index in [1.807, 2.05) is 19.2 Å². The summed E-state index contributed by atoms with van der Waals surface area (Å²) >= 11 is 0.694. The van der Waals surface area contributed by atoms with Gasteiger partial charge in [0, 0.05) is 11.9 Å². The standard InChI is InChI=1S/C22H24FN7O.Tl/c1-2-17-20(29-12-15-4-3-5-18(15)28-22(29)27-17)21(31)25-11-14-6-7-19(16(23)10-14)30-9-8-24-13-26-30;/h6-7,10,12-13H,2-5,8-9,11H2,1H3,(H2,24,25,26,31);/q;+1/p-1. The van der Waals surface area contributed by atoms with Gasteiger partial charge in [0.15, 0.2) is 0 Å². The Balaban J connectivity index is 1.34. The van der Waals surface area contributed by atoms with E-state index >= 15 is 0 Å². The maximum Gasteiger partial charge on any atom is -0.00961 e. The molecule has 10 heteroatoms. The number of carbonyl (C=O) groups is 1. The SMILES string of the molecule is CCc1nc2nc3c(cn2c1C(=O)NCc1ccc(N2CC[N]([Tl])C=N2)c(F)c1)CCC3. The van der Waals surface area contributed by atoms with Gasteiger partial charge in [-0.05, 0) is 31.2 Å². The van der Waals surface area contributed by atoms with E-state index in [4.69, 9.17) is 0 Å². The molecule has 0 unspecified atom stereocenters. The topological polar surface area (TPSA) is 78.1 Å². The van der Waals surface area contributed by atoms with E-state index in [-0.39, 0.29) is 18.3 Å². The number of anilines is 1. The van der Waals surface area contributed by atoms with Crippen molar-refractivity contribution < 1.29 is 9.18 Å². The molecule has 0 fully saturated rings. The summed E-state index contributed by atoms with van der Waals surface area (Å²) < 4.78 is 18.7. The summed E-state index contributed by atoms with van der Waals surface area (Å²) in [7, 11) is 0. The Morgan fingerprint density at radius 2 is 2.12 bits per heavy atom. The first kappa shape index (κ1) is 21.3. The first-order valence-electron chi connectivity index (χ1n) is 10.8. The zero-order valence-electron chi connectivity index (χ0n) is 17.9. The van der Waals surface area contributed by atoms with E-state index in [2.05, 4.69) is 23.1 Å². The van der Waals surface area contributed by atoms with Crippen molar-refractivity contribution in [2.75, 3.05) is 18.1 Å². The molecule has 0 atom stereocenters. The van der Waals surface area contributed by atoms with E-state index in [1.165, 1.54) is 11.6 Å². The number of benzene rings is 1. The molecule has 0 saturated heterocycles. The fourth-order valence-corrected chi connectivity index (χ4v) is 4.90. The summed E-state index contributed by atoms with van der Waals surface area (Å²) in [6.45, 7) is 3.71. The van der Waals surface area contributed by atoms with Gasteiger partial charge < -0.3 is 0 Å². The van der Waals surface area contributed by atoms with Crippen molar-refractivity contribution in [3.8, 4) is 0 Å². The molecular weight excluding hydrogens is 602 g/mol. The van der Waals surface area contributed by atoms with Crippen LogP contribution >= 0.6 is 0 Å². The predicted molar refractivity (Wildman–Crippen MR) is 120 cm³/mol. The van der Waals surface area contributed by atoms with Crippen LogP contribution in [0, 0.1) is 5.82 Å². The van der Waals surface area contributed by atoms with Gasteiger partial charge in [-0.15, -0.1) is 0 Å². The number of aromatic nitrogens is 3. The molecule has 32 heavy (non-hydrogen) atoms. The number of carbonyl (C=O) groups excluding carboxylic acids is 1. The Morgan fingerprint density at radius 3 is 2.88 bits per heavy atom.